The molecule has 14 heavy (non-hydrogen) atoms. The second-order valence-corrected chi connectivity index (χ2v) is 7.19. The minimum absolute atomic E-state index is 0.212. The van der Waals surface area contributed by atoms with E-state index in [0.29, 0.717) is 24.1 Å². The number of hydrogen-bond donors (Lipinski definition) is 0. The Morgan fingerprint density at radius 2 is 2.14 bits per heavy atom. The zero-order valence-corrected chi connectivity index (χ0v) is 10.7. The molecule has 1 heterocycles. The summed E-state index contributed by atoms with van der Waals surface area (Å²) in [5.41, 5.74) is 0. The van der Waals surface area contributed by atoms with Crippen molar-refractivity contribution in [1.29, 1.82) is 0 Å². The predicted molar refractivity (Wildman–Crippen MR) is 62.7 cm³/mol. The Hall–Kier alpha value is 0.260. The number of rotatable bonds is 3. The van der Waals surface area contributed by atoms with Gasteiger partial charge < -0.3 is 0 Å². The van der Waals surface area contributed by atoms with Gasteiger partial charge in [-0.2, -0.15) is 11.8 Å². The minimum atomic E-state index is -2.78. The number of thioether (sulfide) groups is 1. The van der Waals surface area contributed by atoms with Crippen LogP contribution < -0.4 is 0 Å². The van der Waals surface area contributed by atoms with E-state index < -0.39 is 9.84 Å². The number of sulfone groups is 1. The van der Waals surface area contributed by atoms with E-state index in [0.717, 1.165) is 5.75 Å². The molecule has 0 aromatic heterocycles. The molecule has 1 rings (SSSR count). The van der Waals surface area contributed by atoms with Gasteiger partial charge in [0.25, 0.3) is 0 Å². The Morgan fingerprint density at radius 1 is 1.50 bits per heavy atom. The minimum Gasteiger partial charge on any atom is -0.295 e. The highest BCUT2D eigenvalue weighted by Crippen LogP contribution is 2.17. The first kappa shape index (κ1) is 12.3. The van der Waals surface area contributed by atoms with Crippen LogP contribution in [0.3, 0.4) is 0 Å². The van der Waals surface area contributed by atoms with Gasteiger partial charge in [-0.15, -0.1) is 0 Å². The van der Waals surface area contributed by atoms with E-state index in [2.05, 4.69) is 18.7 Å². The first-order valence-electron chi connectivity index (χ1n) is 4.91. The third kappa shape index (κ3) is 3.14. The first-order valence-corrected chi connectivity index (χ1v) is 8.13. The molecule has 0 amide bonds. The molecule has 1 atom stereocenters. The molecule has 84 valence electrons. The van der Waals surface area contributed by atoms with Crippen LogP contribution in [0, 0.1) is 0 Å². The molecule has 0 saturated carbocycles. The average molecular weight is 237 g/mol. The second-order valence-electron chi connectivity index (χ2n) is 4.06. The van der Waals surface area contributed by atoms with Gasteiger partial charge in [0.05, 0.1) is 11.5 Å². The van der Waals surface area contributed by atoms with E-state index in [1.54, 1.807) is 11.8 Å². The van der Waals surface area contributed by atoms with Crippen molar-refractivity contribution in [2.75, 3.05) is 30.1 Å². The van der Waals surface area contributed by atoms with E-state index in [1.807, 2.05) is 6.26 Å². The van der Waals surface area contributed by atoms with Crippen molar-refractivity contribution in [3.8, 4) is 0 Å². The van der Waals surface area contributed by atoms with Crippen molar-refractivity contribution in [2.45, 2.75) is 25.9 Å². The zero-order valence-electron chi connectivity index (χ0n) is 9.06. The summed E-state index contributed by atoms with van der Waals surface area (Å²) in [6, 6.07) is 0.659. The van der Waals surface area contributed by atoms with Gasteiger partial charge in [0.2, 0.25) is 0 Å². The van der Waals surface area contributed by atoms with Crippen molar-refractivity contribution in [1.82, 2.24) is 4.90 Å². The van der Waals surface area contributed by atoms with Gasteiger partial charge in [0.15, 0.2) is 9.84 Å². The SMILES string of the molecule is CSCC1CS(=O)(=O)CCN1C(C)C. The Bertz CT molecular complexity index is 275. The van der Waals surface area contributed by atoms with Gasteiger partial charge in [-0.25, -0.2) is 8.42 Å². The molecule has 1 aliphatic heterocycles. The van der Waals surface area contributed by atoms with E-state index >= 15 is 0 Å². The third-order valence-electron chi connectivity index (χ3n) is 2.60. The summed E-state index contributed by atoms with van der Waals surface area (Å²) < 4.78 is 22.9. The normalized spacial score (nSPS) is 28.1. The van der Waals surface area contributed by atoms with Crippen LogP contribution in [0.25, 0.3) is 0 Å². The van der Waals surface area contributed by atoms with E-state index in [9.17, 15) is 8.42 Å². The lowest BCUT2D eigenvalue weighted by Gasteiger charge is -2.37. The van der Waals surface area contributed by atoms with Crippen LogP contribution in [-0.4, -0.2) is 55.5 Å². The van der Waals surface area contributed by atoms with Gasteiger partial charge in [0.1, 0.15) is 0 Å². The Balaban J connectivity index is 2.70. The molecule has 0 aromatic carbocycles. The standard InChI is InChI=1S/C9H19NO2S2/c1-8(2)10-4-5-14(11,12)7-9(10)6-13-3/h8-9H,4-7H2,1-3H3. The fraction of sp³-hybridized carbons (Fsp3) is 1.00. The quantitative estimate of drug-likeness (QED) is 0.729. The highest BCUT2D eigenvalue weighted by atomic mass is 32.2. The van der Waals surface area contributed by atoms with Crippen molar-refractivity contribution >= 4 is 21.6 Å². The van der Waals surface area contributed by atoms with Crippen LogP contribution in [0.5, 0.6) is 0 Å². The highest BCUT2D eigenvalue weighted by molar-refractivity contribution is 7.98. The van der Waals surface area contributed by atoms with Gasteiger partial charge in [0, 0.05) is 24.4 Å². The van der Waals surface area contributed by atoms with E-state index in [4.69, 9.17) is 0 Å². The number of nitrogens with zero attached hydrogens (tertiary/aromatic N) is 1. The van der Waals surface area contributed by atoms with Gasteiger partial charge in [-0.3, -0.25) is 4.90 Å². The molecule has 0 radical (unpaired) electrons. The summed E-state index contributed by atoms with van der Waals surface area (Å²) in [4.78, 5) is 2.30. The van der Waals surface area contributed by atoms with E-state index in [1.165, 1.54) is 0 Å². The molecule has 1 fully saturated rings. The van der Waals surface area contributed by atoms with Crippen LogP contribution >= 0.6 is 11.8 Å². The van der Waals surface area contributed by atoms with Crippen molar-refractivity contribution in [3.63, 3.8) is 0 Å². The molecule has 0 N–H and O–H groups in total. The molecule has 1 saturated heterocycles. The first-order chi connectivity index (χ1) is 6.46. The summed E-state index contributed by atoms with van der Waals surface area (Å²) in [5, 5.41) is 0. The maximum atomic E-state index is 11.5. The molecule has 0 bridgehead atoms. The third-order valence-corrected chi connectivity index (χ3v) is 5.01. The van der Waals surface area contributed by atoms with Crippen molar-refractivity contribution in [3.05, 3.63) is 0 Å². The van der Waals surface area contributed by atoms with Crippen LogP contribution in [-0.2, 0) is 9.84 Å². The van der Waals surface area contributed by atoms with Crippen molar-refractivity contribution in [2.24, 2.45) is 0 Å². The molecule has 3 nitrogen and oxygen atoms in total. The summed E-state index contributed by atoms with van der Waals surface area (Å²) >= 11 is 1.72. The summed E-state index contributed by atoms with van der Waals surface area (Å²) in [6.45, 7) is 4.96. The summed E-state index contributed by atoms with van der Waals surface area (Å²) in [6.07, 6.45) is 2.03. The second kappa shape index (κ2) is 4.86. The largest absolute Gasteiger partial charge is 0.295 e. The van der Waals surface area contributed by atoms with Gasteiger partial charge in [-0.1, -0.05) is 0 Å². The molecule has 0 spiro atoms. The Labute approximate surface area is 91.2 Å². The topological polar surface area (TPSA) is 37.4 Å². The number of hydrogen-bond acceptors (Lipinski definition) is 4. The van der Waals surface area contributed by atoms with Gasteiger partial charge >= 0.3 is 0 Å². The molecule has 1 unspecified atom stereocenters. The maximum absolute atomic E-state index is 11.5. The Morgan fingerprint density at radius 3 is 2.64 bits per heavy atom. The van der Waals surface area contributed by atoms with Crippen LogP contribution in [0.2, 0.25) is 0 Å². The lowest BCUT2D eigenvalue weighted by Crippen LogP contribution is -2.52. The fourth-order valence-corrected chi connectivity index (χ4v) is 4.31. The van der Waals surface area contributed by atoms with Gasteiger partial charge in [-0.05, 0) is 20.1 Å². The molecular formula is C9H19NO2S2. The fourth-order valence-electron chi connectivity index (χ4n) is 1.92. The molecule has 0 aromatic rings. The lowest BCUT2D eigenvalue weighted by atomic mass is 10.2. The highest BCUT2D eigenvalue weighted by Gasteiger charge is 2.31. The summed E-state index contributed by atoms with van der Waals surface area (Å²) in [5.74, 6) is 1.58. The zero-order chi connectivity index (χ0) is 10.8. The Kier molecular flexibility index (Phi) is 4.28. The monoisotopic (exact) mass is 237 g/mol. The van der Waals surface area contributed by atoms with Crippen LogP contribution in [0.1, 0.15) is 13.8 Å². The molecule has 5 heteroatoms. The molecule has 1 aliphatic rings. The average Bonchev–Trinajstić information content (AvgIpc) is 2.02. The van der Waals surface area contributed by atoms with Crippen molar-refractivity contribution < 1.29 is 8.42 Å². The summed E-state index contributed by atoms with van der Waals surface area (Å²) in [7, 11) is -2.78. The van der Waals surface area contributed by atoms with Crippen LogP contribution in [0.15, 0.2) is 0 Å². The smallest absolute Gasteiger partial charge is 0.153 e. The lowest BCUT2D eigenvalue weighted by molar-refractivity contribution is 0.183. The molecular weight excluding hydrogens is 218 g/mol. The predicted octanol–water partition coefficient (Wildman–Crippen LogP) is 0.857. The maximum Gasteiger partial charge on any atom is 0.153 e. The molecule has 0 aliphatic carbocycles. The van der Waals surface area contributed by atoms with Crippen LogP contribution in [0.4, 0.5) is 0 Å². The van der Waals surface area contributed by atoms with E-state index in [-0.39, 0.29) is 6.04 Å².